The molecule has 0 spiro atoms. The number of para-hydroxylation sites is 2. The van der Waals surface area contributed by atoms with E-state index in [9.17, 15) is 0 Å². The molecular weight excluding hydrogens is 280 g/mol. The van der Waals surface area contributed by atoms with Crippen LogP contribution in [-0.4, -0.2) is 14.1 Å². The van der Waals surface area contributed by atoms with Crippen molar-refractivity contribution >= 4 is 11.4 Å². The van der Waals surface area contributed by atoms with Crippen molar-refractivity contribution in [2.45, 2.75) is 6.54 Å². The molecule has 0 aliphatic rings. The first-order valence-electron chi connectivity index (χ1n) is 7.81. The molecule has 2 nitrogen and oxygen atoms in total. The van der Waals surface area contributed by atoms with E-state index in [-0.39, 0.29) is 0 Å². The highest BCUT2D eigenvalue weighted by molar-refractivity contribution is 5.44. The van der Waals surface area contributed by atoms with Crippen LogP contribution in [0.3, 0.4) is 0 Å². The van der Waals surface area contributed by atoms with Crippen LogP contribution in [0.1, 0.15) is 5.56 Å². The molecule has 0 radical (unpaired) electrons. The van der Waals surface area contributed by atoms with Crippen molar-refractivity contribution in [1.82, 2.24) is 0 Å². The van der Waals surface area contributed by atoms with Gasteiger partial charge >= 0.3 is 0 Å². The van der Waals surface area contributed by atoms with Crippen molar-refractivity contribution in [2.75, 3.05) is 24.3 Å². The molecule has 0 saturated heterocycles. The summed E-state index contributed by atoms with van der Waals surface area (Å²) < 4.78 is 0. The lowest BCUT2D eigenvalue weighted by Crippen LogP contribution is -2.07. The Morgan fingerprint density at radius 3 is 1.61 bits per heavy atom. The predicted octanol–water partition coefficient (Wildman–Crippen LogP) is 5.05. The zero-order chi connectivity index (χ0) is 16.3. The Morgan fingerprint density at radius 1 is 0.652 bits per heavy atom. The summed E-state index contributed by atoms with van der Waals surface area (Å²) in [5.41, 5.74) is 3.71. The van der Waals surface area contributed by atoms with E-state index in [1.165, 1.54) is 11.3 Å². The second kappa shape index (κ2) is 9.31. The molecule has 23 heavy (non-hydrogen) atoms. The fraction of sp³-hybridized carbons (Fsp3) is 0.143. The van der Waals surface area contributed by atoms with Gasteiger partial charge in [0.05, 0.1) is 0 Å². The van der Waals surface area contributed by atoms with E-state index in [1.54, 1.807) is 0 Å². The Hall–Kier alpha value is -2.74. The monoisotopic (exact) mass is 304 g/mol. The third kappa shape index (κ3) is 6.27. The van der Waals surface area contributed by atoms with E-state index in [1.807, 2.05) is 56.6 Å². The third-order valence-electron chi connectivity index (χ3n) is 3.39. The molecule has 118 valence electrons. The van der Waals surface area contributed by atoms with Crippen LogP contribution in [0, 0.1) is 0 Å². The van der Waals surface area contributed by atoms with Gasteiger partial charge in [-0.3, -0.25) is 0 Å². The number of rotatable bonds is 4. The molecular formula is C21H24N2. The minimum atomic E-state index is 0.880. The van der Waals surface area contributed by atoms with E-state index in [4.69, 9.17) is 0 Å². The smallest absolute Gasteiger partial charge is 0.0400 e. The molecule has 0 aliphatic carbocycles. The van der Waals surface area contributed by atoms with Crippen LogP contribution < -0.4 is 10.2 Å². The lowest BCUT2D eigenvalue weighted by molar-refractivity contribution is 1.13. The van der Waals surface area contributed by atoms with Crippen LogP contribution >= 0.6 is 0 Å². The van der Waals surface area contributed by atoms with E-state index in [0.717, 1.165) is 12.2 Å². The summed E-state index contributed by atoms with van der Waals surface area (Å²) >= 11 is 0. The SMILES string of the molecule is CN(C)c1ccccc1.c1ccc(CNc2ccccc2)cc1. The highest BCUT2D eigenvalue weighted by Gasteiger charge is 1.91. The second-order valence-electron chi connectivity index (χ2n) is 5.44. The molecule has 0 heterocycles. The number of nitrogens with one attached hydrogen (secondary N) is 1. The first kappa shape index (κ1) is 16.6. The van der Waals surface area contributed by atoms with Crippen LogP contribution in [-0.2, 0) is 6.54 Å². The van der Waals surface area contributed by atoms with Gasteiger partial charge in [-0.05, 0) is 29.8 Å². The number of anilines is 2. The Morgan fingerprint density at radius 2 is 1.13 bits per heavy atom. The maximum absolute atomic E-state index is 3.36. The lowest BCUT2D eigenvalue weighted by Gasteiger charge is -2.10. The number of hydrogen-bond donors (Lipinski definition) is 1. The van der Waals surface area contributed by atoms with Gasteiger partial charge in [-0.15, -0.1) is 0 Å². The normalized spacial score (nSPS) is 9.48. The molecule has 0 unspecified atom stereocenters. The average molecular weight is 304 g/mol. The molecule has 0 fully saturated rings. The fourth-order valence-corrected chi connectivity index (χ4v) is 2.08. The van der Waals surface area contributed by atoms with Crippen LogP contribution in [0.25, 0.3) is 0 Å². The zero-order valence-electron chi connectivity index (χ0n) is 13.8. The molecule has 3 aromatic carbocycles. The predicted molar refractivity (Wildman–Crippen MR) is 101 cm³/mol. The van der Waals surface area contributed by atoms with Gasteiger partial charge in [0.15, 0.2) is 0 Å². The second-order valence-corrected chi connectivity index (χ2v) is 5.44. The van der Waals surface area contributed by atoms with Gasteiger partial charge in [-0.1, -0.05) is 66.7 Å². The van der Waals surface area contributed by atoms with Gasteiger partial charge in [0.25, 0.3) is 0 Å². The molecule has 3 rings (SSSR count). The number of nitrogens with zero attached hydrogens (tertiary/aromatic N) is 1. The summed E-state index contributed by atoms with van der Waals surface area (Å²) in [6, 6.07) is 30.9. The average Bonchev–Trinajstić information content (AvgIpc) is 2.63. The topological polar surface area (TPSA) is 15.3 Å². The highest BCUT2D eigenvalue weighted by atomic mass is 15.1. The van der Waals surface area contributed by atoms with Gasteiger partial charge in [-0.2, -0.15) is 0 Å². The van der Waals surface area contributed by atoms with Gasteiger partial charge in [0, 0.05) is 32.0 Å². The van der Waals surface area contributed by atoms with Gasteiger partial charge < -0.3 is 10.2 Å². The Kier molecular flexibility index (Phi) is 6.73. The molecule has 0 aromatic heterocycles. The summed E-state index contributed by atoms with van der Waals surface area (Å²) in [7, 11) is 4.07. The van der Waals surface area contributed by atoms with E-state index < -0.39 is 0 Å². The maximum atomic E-state index is 3.36. The Bertz CT molecular complexity index is 610. The Labute approximate surface area is 139 Å². The number of benzene rings is 3. The van der Waals surface area contributed by atoms with Gasteiger partial charge in [0.2, 0.25) is 0 Å². The molecule has 0 saturated carbocycles. The molecule has 0 bridgehead atoms. The first-order valence-corrected chi connectivity index (χ1v) is 7.81. The molecule has 2 heteroatoms. The molecule has 1 N–H and O–H groups in total. The van der Waals surface area contributed by atoms with Crippen molar-refractivity contribution in [2.24, 2.45) is 0 Å². The minimum absolute atomic E-state index is 0.880. The summed E-state index contributed by atoms with van der Waals surface area (Å²) in [6.45, 7) is 0.880. The van der Waals surface area contributed by atoms with Gasteiger partial charge in [-0.25, -0.2) is 0 Å². The third-order valence-corrected chi connectivity index (χ3v) is 3.39. The maximum Gasteiger partial charge on any atom is 0.0400 e. The first-order chi connectivity index (χ1) is 11.3. The largest absolute Gasteiger partial charge is 0.381 e. The lowest BCUT2D eigenvalue weighted by atomic mass is 10.2. The summed E-state index contributed by atoms with van der Waals surface area (Å²) in [5, 5.41) is 3.36. The zero-order valence-corrected chi connectivity index (χ0v) is 13.8. The highest BCUT2D eigenvalue weighted by Crippen LogP contribution is 2.08. The van der Waals surface area contributed by atoms with Crippen LogP contribution in [0.15, 0.2) is 91.0 Å². The standard InChI is InChI=1S/C13H13N.C8H11N/c1-3-7-12(8-4-1)11-14-13-9-5-2-6-10-13;1-9(2)8-6-4-3-5-7-8/h1-10,14H,11H2;3-7H,1-2H3. The van der Waals surface area contributed by atoms with Crippen molar-refractivity contribution in [3.63, 3.8) is 0 Å². The fourth-order valence-electron chi connectivity index (χ4n) is 2.08. The van der Waals surface area contributed by atoms with Crippen molar-refractivity contribution in [3.05, 3.63) is 96.6 Å². The van der Waals surface area contributed by atoms with Gasteiger partial charge in [0.1, 0.15) is 0 Å². The Balaban J connectivity index is 0.000000185. The van der Waals surface area contributed by atoms with E-state index in [2.05, 4.69) is 58.7 Å². The number of hydrogen-bond acceptors (Lipinski definition) is 2. The van der Waals surface area contributed by atoms with Crippen molar-refractivity contribution in [1.29, 1.82) is 0 Å². The summed E-state index contributed by atoms with van der Waals surface area (Å²) in [4.78, 5) is 2.08. The molecule has 0 amide bonds. The molecule has 0 aliphatic heterocycles. The van der Waals surface area contributed by atoms with Crippen molar-refractivity contribution in [3.8, 4) is 0 Å². The molecule has 3 aromatic rings. The molecule has 0 atom stereocenters. The van der Waals surface area contributed by atoms with Crippen LogP contribution in [0.4, 0.5) is 11.4 Å². The van der Waals surface area contributed by atoms with Crippen LogP contribution in [0.5, 0.6) is 0 Å². The summed E-state index contributed by atoms with van der Waals surface area (Å²) in [5.74, 6) is 0. The van der Waals surface area contributed by atoms with E-state index >= 15 is 0 Å². The van der Waals surface area contributed by atoms with Crippen LogP contribution in [0.2, 0.25) is 0 Å². The quantitative estimate of drug-likeness (QED) is 0.725. The van der Waals surface area contributed by atoms with Crippen molar-refractivity contribution < 1.29 is 0 Å². The minimum Gasteiger partial charge on any atom is -0.381 e. The van der Waals surface area contributed by atoms with E-state index in [0.29, 0.717) is 0 Å². The summed E-state index contributed by atoms with van der Waals surface area (Å²) in [6.07, 6.45) is 0.